The van der Waals surface area contributed by atoms with E-state index in [1.165, 1.54) is 99.2 Å². The Morgan fingerprint density at radius 2 is 1.24 bits per heavy atom. The Morgan fingerprint density at radius 3 is 1.89 bits per heavy atom. The van der Waals surface area contributed by atoms with Crippen molar-refractivity contribution < 1.29 is 129 Å². The lowest BCUT2D eigenvalue weighted by molar-refractivity contribution is -0.291. The Bertz CT molecular complexity index is 4170. The van der Waals surface area contributed by atoms with Gasteiger partial charge in [0, 0.05) is 64.6 Å². The minimum atomic E-state index is -2.04. The van der Waals surface area contributed by atoms with Crippen molar-refractivity contribution in [2.24, 2.45) is 0 Å². The summed E-state index contributed by atoms with van der Waals surface area (Å²) in [5.74, 6) is -9.80. The van der Waals surface area contributed by atoms with Gasteiger partial charge in [-0.05, 0) is 89.5 Å². The molecule has 478 valence electrons. The number of ether oxygens (including phenoxy) is 9. The van der Waals surface area contributed by atoms with Gasteiger partial charge in [0.2, 0.25) is 12.0 Å². The van der Waals surface area contributed by atoms with Crippen molar-refractivity contribution in [3.8, 4) is 80.5 Å². The number of aliphatic hydroxyl groups excluding tert-OH is 6. The van der Waals surface area contributed by atoms with Gasteiger partial charge in [-0.25, -0.2) is 4.79 Å². The number of esters is 1. The summed E-state index contributed by atoms with van der Waals surface area (Å²) < 4.78 is 54.8. The number of fused-ring (bicyclic) bond motifs is 2. The summed E-state index contributed by atoms with van der Waals surface area (Å²) in [6.45, 7) is -0.687. The largest absolute Gasteiger partial charge is 0.508 e. The van der Waals surface area contributed by atoms with Crippen LogP contribution in [0.1, 0.15) is 62.6 Å². The fourth-order valence-electron chi connectivity index (χ4n) is 11.7. The number of phenolic OH excluding ortho intramolecular Hbond substituents is 10. The van der Waals surface area contributed by atoms with E-state index in [0.29, 0.717) is 5.56 Å². The normalized spacial score (nSPS) is 24.8. The fraction of sp³-hybridized carbons (Fsp3) is 0.227. The number of benzene rings is 6. The number of allylic oxidation sites excluding steroid dienone is 3. The average Bonchev–Trinajstić information content (AvgIpc) is 0.731. The summed E-state index contributed by atoms with van der Waals surface area (Å²) in [4.78, 5) is 12.9. The second kappa shape index (κ2) is 24.2. The Hall–Kier alpha value is -10.9. The van der Waals surface area contributed by atoms with Gasteiger partial charge in [0.15, 0.2) is 58.2 Å². The van der Waals surface area contributed by atoms with Gasteiger partial charge in [0.05, 0.1) is 37.4 Å². The van der Waals surface area contributed by atoms with E-state index >= 15 is 0 Å². The molecule has 0 radical (unpaired) electrons. The van der Waals surface area contributed by atoms with Crippen molar-refractivity contribution >= 4 is 23.9 Å². The first-order chi connectivity index (χ1) is 44.0. The van der Waals surface area contributed by atoms with Gasteiger partial charge >= 0.3 is 5.97 Å². The third-order valence-corrected chi connectivity index (χ3v) is 16.3. The van der Waals surface area contributed by atoms with Crippen LogP contribution in [-0.4, -0.2) is 158 Å². The quantitative estimate of drug-likeness (QED) is 0.0346. The Kier molecular flexibility index (Phi) is 16.1. The zero-order chi connectivity index (χ0) is 65.3. The van der Waals surface area contributed by atoms with Gasteiger partial charge in [-0.3, -0.25) is 0 Å². The van der Waals surface area contributed by atoms with Crippen molar-refractivity contribution in [2.75, 3.05) is 20.8 Å². The third-order valence-electron chi connectivity index (χ3n) is 16.3. The molecule has 0 aromatic heterocycles. The van der Waals surface area contributed by atoms with E-state index in [4.69, 9.17) is 42.6 Å². The number of methoxy groups -OCH3 is 2. The van der Waals surface area contributed by atoms with E-state index in [9.17, 15) is 86.5 Å². The van der Waals surface area contributed by atoms with Gasteiger partial charge in [-0.15, -0.1) is 0 Å². The monoisotopic (exact) mass is 1270 g/mol. The Morgan fingerprint density at radius 1 is 0.609 bits per heavy atom. The van der Waals surface area contributed by atoms with Crippen molar-refractivity contribution in [3.05, 3.63) is 194 Å². The fourth-order valence-corrected chi connectivity index (χ4v) is 11.7. The van der Waals surface area contributed by atoms with Crippen LogP contribution in [0.4, 0.5) is 0 Å². The molecule has 0 bridgehead atoms. The molecule has 12 rings (SSSR count). The highest BCUT2D eigenvalue weighted by molar-refractivity contribution is 5.87. The summed E-state index contributed by atoms with van der Waals surface area (Å²) in [5.41, 5.74) is 0.116. The number of aromatic hydroxyl groups is 10. The first kappa shape index (κ1) is 61.4. The molecular weight excluding hydrogens is 1210 g/mol. The molecule has 26 heteroatoms. The summed E-state index contributed by atoms with van der Waals surface area (Å²) in [6, 6.07) is 17.5. The average molecular weight is 1270 g/mol. The van der Waals surface area contributed by atoms with Crippen molar-refractivity contribution in [3.63, 3.8) is 0 Å². The molecule has 11 unspecified atom stereocenters. The van der Waals surface area contributed by atoms with Crippen LogP contribution in [0.3, 0.4) is 0 Å². The van der Waals surface area contributed by atoms with Crippen LogP contribution in [0, 0.1) is 0 Å². The Labute approximate surface area is 520 Å². The predicted molar refractivity (Wildman–Crippen MR) is 316 cm³/mol. The van der Waals surface area contributed by atoms with Crippen molar-refractivity contribution in [1.82, 2.24) is 0 Å². The van der Waals surface area contributed by atoms with Crippen LogP contribution in [0.5, 0.6) is 80.5 Å². The minimum absolute atomic E-state index is 0.00202. The summed E-state index contributed by atoms with van der Waals surface area (Å²) in [7, 11) is 2.53. The molecule has 6 aliphatic rings. The molecule has 0 spiro atoms. The van der Waals surface area contributed by atoms with Gasteiger partial charge < -0.3 is 124 Å². The maximum Gasteiger partial charge on any atom is 0.330 e. The number of aliphatic hydroxyl groups is 6. The number of phenols is 10. The van der Waals surface area contributed by atoms with Crippen LogP contribution >= 0.6 is 0 Å². The number of hydrogen-bond acceptors (Lipinski definition) is 26. The molecule has 1 fully saturated rings. The highest BCUT2D eigenvalue weighted by Gasteiger charge is 2.50. The molecule has 16 N–H and O–H groups in total. The van der Waals surface area contributed by atoms with E-state index in [-0.39, 0.29) is 114 Å². The summed E-state index contributed by atoms with van der Waals surface area (Å²) in [6.07, 6.45) is -8.29. The minimum Gasteiger partial charge on any atom is -0.508 e. The second-order valence-electron chi connectivity index (χ2n) is 22.0. The number of carbonyl (C=O) groups is 1. The topological polar surface area (TPSA) is 424 Å². The smallest absolute Gasteiger partial charge is 0.330 e. The van der Waals surface area contributed by atoms with Gasteiger partial charge in [-0.1, -0.05) is 24.3 Å². The molecule has 0 amide bonds. The molecule has 0 saturated carbocycles. The molecule has 26 nitrogen and oxygen atoms in total. The van der Waals surface area contributed by atoms with Crippen LogP contribution in [-0.2, 0) is 34.9 Å². The zero-order valence-corrected chi connectivity index (χ0v) is 48.1. The molecule has 1 aliphatic carbocycles. The first-order valence-corrected chi connectivity index (χ1v) is 28.2. The second-order valence-corrected chi connectivity index (χ2v) is 22.0. The molecular formula is C66H58O26. The summed E-state index contributed by atoms with van der Waals surface area (Å²) in [5, 5.41) is 179. The van der Waals surface area contributed by atoms with Crippen molar-refractivity contribution in [2.45, 2.75) is 73.6 Å². The molecule has 6 aromatic rings. The summed E-state index contributed by atoms with van der Waals surface area (Å²) >= 11 is 0. The highest BCUT2D eigenvalue weighted by Crippen LogP contribution is 2.59. The van der Waals surface area contributed by atoms with E-state index in [1.54, 1.807) is 0 Å². The molecule has 5 heterocycles. The van der Waals surface area contributed by atoms with E-state index < -0.39 is 131 Å². The van der Waals surface area contributed by atoms with Gasteiger partial charge in [0.1, 0.15) is 101 Å². The molecule has 5 aliphatic heterocycles. The lowest BCUT2D eigenvalue weighted by atomic mass is 9.76. The third kappa shape index (κ3) is 11.2. The first-order valence-electron chi connectivity index (χ1n) is 28.2. The Balaban J connectivity index is 0.971. The number of rotatable bonds is 14. The van der Waals surface area contributed by atoms with E-state index in [0.717, 1.165) is 42.5 Å². The van der Waals surface area contributed by atoms with Crippen LogP contribution in [0.15, 0.2) is 149 Å². The van der Waals surface area contributed by atoms with Gasteiger partial charge in [-0.2, -0.15) is 0 Å². The lowest BCUT2D eigenvalue weighted by Crippen LogP contribution is -2.59. The highest BCUT2D eigenvalue weighted by atomic mass is 16.7. The van der Waals surface area contributed by atoms with Crippen LogP contribution in [0.2, 0.25) is 0 Å². The standard InChI is InChI=1S/C66H58O26/c1-84-47-17-29(18-48(85-2)55(47)79)62-65(92-66-59(83)58(82)56(80)49(89-66)25-86-50(78)14-5-26-3-8-30(67)9-4-26)35-21-32(87-45-19-31(68)20-46(88-62)51(35)45)10-11-33-38(71)23-42(75)52-54(57(81)61(91-63(33)52)28-7-13-37(70)41(74)16-28)53-43(76)24-39(72)34-22-44(77)60(90-64(34)53)27-6-12-36(69)40(73)15-27/h3-21,23-24,44-45,49,54,56-61,66-77,79-83H,22,25H2,1-2H3. The predicted octanol–water partition coefficient (Wildman–Crippen LogP) is 5.84. The SMILES string of the molecule is COc1cc(C2=C(OC3OC(COC(=O)C=Cc4ccc(O)cc4)C(O)C(O)C3O)C3=C4C(=CC(O)=CC4OC(C=Cc4c(O)cc(O)c5c4OC(c4ccc(O)c(O)c4)C(O)C5c4c(O)cc(O)c5c4OC(c4ccc(O)c(O)c4)C(O)C5)=C3)O2)cc(OC)c1O. The number of carbonyl (C=O) groups excluding carboxylic acids is 1. The maximum absolute atomic E-state index is 12.9. The zero-order valence-electron chi connectivity index (χ0n) is 48.1. The number of hydrogen-bond donors (Lipinski definition) is 16. The van der Waals surface area contributed by atoms with Crippen LogP contribution < -0.4 is 18.9 Å². The molecule has 6 aromatic carbocycles. The lowest BCUT2D eigenvalue weighted by Gasteiger charge is -2.41. The van der Waals surface area contributed by atoms with Crippen LogP contribution in [0.25, 0.3) is 17.9 Å². The molecule has 92 heavy (non-hydrogen) atoms. The molecule has 11 atom stereocenters. The van der Waals surface area contributed by atoms with E-state index in [2.05, 4.69) is 0 Å². The maximum atomic E-state index is 12.9. The molecule has 1 saturated heterocycles. The van der Waals surface area contributed by atoms with E-state index in [1.807, 2.05) is 0 Å². The van der Waals surface area contributed by atoms with Gasteiger partial charge in [0.25, 0.3) is 0 Å². The van der Waals surface area contributed by atoms with Crippen molar-refractivity contribution in [1.29, 1.82) is 0 Å².